The maximum absolute atomic E-state index is 11.9. The molecule has 120 valence electrons. The van der Waals surface area contributed by atoms with Crippen LogP contribution in [0, 0.1) is 5.92 Å². The molecule has 0 saturated heterocycles. The number of anilines is 1. The number of carbonyl (C=O) groups excluding carboxylic acids is 1. The van der Waals surface area contributed by atoms with Crippen molar-refractivity contribution in [2.45, 2.75) is 33.7 Å². The van der Waals surface area contributed by atoms with E-state index in [0.717, 1.165) is 36.5 Å². The van der Waals surface area contributed by atoms with Gasteiger partial charge in [0, 0.05) is 12.2 Å². The predicted octanol–water partition coefficient (Wildman–Crippen LogP) is 3.94. The van der Waals surface area contributed by atoms with E-state index in [1.54, 1.807) is 11.8 Å². The highest BCUT2D eigenvalue weighted by molar-refractivity contribution is 7.99. The van der Waals surface area contributed by atoms with Gasteiger partial charge in [-0.25, -0.2) is 0 Å². The molecule has 3 nitrogen and oxygen atoms in total. The first-order chi connectivity index (χ1) is 9.63. The molecule has 0 bridgehead atoms. The van der Waals surface area contributed by atoms with Gasteiger partial charge in [-0.3, -0.25) is 4.79 Å². The van der Waals surface area contributed by atoms with Crippen molar-refractivity contribution in [3.8, 4) is 0 Å². The first kappa shape index (κ1) is 20.3. The van der Waals surface area contributed by atoms with Crippen LogP contribution in [0.2, 0.25) is 0 Å². The number of para-hydroxylation sites is 1. The highest BCUT2D eigenvalue weighted by Gasteiger charge is 2.06. The van der Waals surface area contributed by atoms with E-state index in [9.17, 15) is 4.79 Å². The van der Waals surface area contributed by atoms with Crippen molar-refractivity contribution in [3.05, 3.63) is 29.8 Å². The van der Waals surface area contributed by atoms with Crippen molar-refractivity contribution in [1.29, 1.82) is 0 Å². The lowest BCUT2D eigenvalue weighted by atomic mass is 10.1. The second kappa shape index (κ2) is 11.9. The van der Waals surface area contributed by atoms with Gasteiger partial charge in [0.1, 0.15) is 0 Å². The van der Waals surface area contributed by atoms with Gasteiger partial charge in [-0.1, -0.05) is 39.0 Å². The quantitative estimate of drug-likeness (QED) is 0.674. The molecule has 0 aliphatic heterocycles. The summed E-state index contributed by atoms with van der Waals surface area (Å²) in [5.41, 5.74) is 2.05. The van der Waals surface area contributed by atoms with Crippen LogP contribution in [-0.4, -0.2) is 24.0 Å². The van der Waals surface area contributed by atoms with Crippen LogP contribution in [0.1, 0.15) is 32.8 Å². The number of thioether (sulfide) groups is 1. The third-order valence-corrected chi connectivity index (χ3v) is 3.92. The van der Waals surface area contributed by atoms with Gasteiger partial charge < -0.3 is 10.6 Å². The number of amides is 1. The molecule has 0 heterocycles. The Kier molecular flexibility index (Phi) is 11.5. The third kappa shape index (κ3) is 9.02. The van der Waals surface area contributed by atoms with E-state index in [1.807, 2.05) is 24.3 Å². The fourth-order valence-electron chi connectivity index (χ4n) is 1.73. The third-order valence-electron chi connectivity index (χ3n) is 2.93. The van der Waals surface area contributed by atoms with Crippen LogP contribution >= 0.6 is 24.2 Å². The maximum atomic E-state index is 11.9. The van der Waals surface area contributed by atoms with Crippen LogP contribution < -0.4 is 10.6 Å². The SMILES string of the molecule is CCNCc1ccccc1NC(=O)CSCCC(C)C.Cl. The minimum absolute atomic E-state index is 0. The van der Waals surface area contributed by atoms with Crippen LogP contribution in [0.25, 0.3) is 0 Å². The van der Waals surface area contributed by atoms with Gasteiger partial charge in [0.25, 0.3) is 0 Å². The zero-order chi connectivity index (χ0) is 14.8. The summed E-state index contributed by atoms with van der Waals surface area (Å²) in [5, 5.41) is 6.29. The Hall–Kier alpha value is -0.710. The van der Waals surface area contributed by atoms with Crippen molar-refractivity contribution in [2.75, 3.05) is 23.4 Å². The van der Waals surface area contributed by atoms with Gasteiger partial charge >= 0.3 is 0 Å². The minimum Gasteiger partial charge on any atom is -0.325 e. The average molecular weight is 331 g/mol. The van der Waals surface area contributed by atoms with Crippen molar-refractivity contribution >= 4 is 35.8 Å². The number of halogens is 1. The van der Waals surface area contributed by atoms with Crippen LogP contribution in [0.5, 0.6) is 0 Å². The van der Waals surface area contributed by atoms with Gasteiger partial charge in [0.05, 0.1) is 5.75 Å². The number of nitrogens with one attached hydrogen (secondary N) is 2. The molecule has 0 fully saturated rings. The number of hydrogen-bond acceptors (Lipinski definition) is 3. The van der Waals surface area contributed by atoms with E-state index in [0.29, 0.717) is 11.7 Å². The van der Waals surface area contributed by atoms with Gasteiger partial charge in [0.2, 0.25) is 5.91 Å². The lowest BCUT2D eigenvalue weighted by Gasteiger charge is -2.11. The van der Waals surface area contributed by atoms with Crippen LogP contribution in [0.4, 0.5) is 5.69 Å². The fourth-order valence-corrected chi connectivity index (χ4v) is 2.77. The second-order valence-electron chi connectivity index (χ2n) is 5.22. The summed E-state index contributed by atoms with van der Waals surface area (Å²) >= 11 is 1.70. The molecule has 1 aromatic carbocycles. The summed E-state index contributed by atoms with van der Waals surface area (Å²) in [6, 6.07) is 7.96. The molecule has 0 atom stereocenters. The monoisotopic (exact) mass is 330 g/mol. The fraction of sp³-hybridized carbons (Fsp3) is 0.562. The molecule has 1 amide bonds. The standard InChI is InChI=1S/C16H26N2OS.ClH/c1-4-17-11-14-7-5-6-8-15(14)18-16(19)12-20-10-9-13(2)3;/h5-8,13,17H,4,9-12H2,1-3H3,(H,18,19);1H. The maximum Gasteiger partial charge on any atom is 0.234 e. The molecule has 2 N–H and O–H groups in total. The summed E-state index contributed by atoms with van der Waals surface area (Å²) < 4.78 is 0. The summed E-state index contributed by atoms with van der Waals surface area (Å²) in [6.07, 6.45) is 1.16. The predicted molar refractivity (Wildman–Crippen MR) is 96.5 cm³/mol. The van der Waals surface area contributed by atoms with Crippen LogP contribution in [0.3, 0.4) is 0 Å². The van der Waals surface area contributed by atoms with Crippen molar-refractivity contribution in [3.63, 3.8) is 0 Å². The lowest BCUT2D eigenvalue weighted by Crippen LogP contribution is -2.18. The Labute approximate surface area is 139 Å². The summed E-state index contributed by atoms with van der Waals surface area (Å²) in [4.78, 5) is 11.9. The highest BCUT2D eigenvalue weighted by atomic mass is 35.5. The Bertz CT molecular complexity index is 413. The lowest BCUT2D eigenvalue weighted by molar-refractivity contribution is -0.113. The molecule has 1 rings (SSSR count). The molecule has 0 radical (unpaired) electrons. The molecule has 0 aliphatic carbocycles. The highest BCUT2D eigenvalue weighted by Crippen LogP contribution is 2.16. The average Bonchev–Trinajstić information content (AvgIpc) is 2.42. The molecule has 0 saturated carbocycles. The van der Waals surface area contributed by atoms with Gasteiger partial charge in [-0.15, -0.1) is 12.4 Å². The van der Waals surface area contributed by atoms with Crippen LogP contribution in [-0.2, 0) is 11.3 Å². The van der Waals surface area contributed by atoms with E-state index in [-0.39, 0.29) is 18.3 Å². The summed E-state index contributed by atoms with van der Waals surface area (Å²) in [6.45, 7) is 8.20. The number of rotatable bonds is 9. The van der Waals surface area contributed by atoms with Gasteiger partial charge in [0.15, 0.2) is 0 Å². The summed E-state index contributed by atoms with van der Waals surface area (Å²) in [5.74, 6) is 2.36. The zero-order valence-corrected chi connectivity index (χ0v) is 14.8. The summed E-state index contributed by atoms with van der Waals surface area (Å²) in [7, 11) is 0. The first-order valence-corrected chi connectivity index (χ1v) is 8.45. The molecule has 1 aromatic rings. The number of hydrogen-bond donors (Lipinski definition) is 2. The Morgan fingerprint density at radius 2 is 2.00 bits per heavy atom. The smallest absolute Gasteiger partial charge is 0.234 e. The molecular weight excluding hydrogens is 304 g/mol. The molecule has 0 aliphatic rings. The van der Waals surface area contributed by atoms with Crippen molar-refractivity contribution < 1.29 is 4.79 Å². The number of carbonyl (C=O) groups is 1. The molecule has 5 heteroatoms. The normalized spacial score (nSPS) is 10.3. The molecule has 0 aromatic heterocycles. The van der Waals surface area contributed by atoms with E-state index >= 15 is 0 Å². The topological polar surface area (TPSA) is 41.1 Å². The van der Waals surface area contributed by atoms with Gasteiger partial charge in [-0.05, 0) is 36.3 Å². The molecule has 0 spiro atoms. The van der Waals surface area contributed by atoms with Gasteiger partial charge in [-0.2, -0.15) is 11.8 Å². The first-order valence-electron chi connectivity index (χ1n) is 7.29. The van der Waals surface area contributed by atoms with E-state index in [1.165, 1.54) is 0 Å². The van der Waals surface area contributed by atoms with E-state index < -0.39 is 0 Å². The Morgan fingerprint density at radius 3 is 2.67 bits per heavy atom. The molecule has 21 heavy (non-hydrogen) atoms. The van der Waals surface area contributed by atoms with E-state index in [4.69, 9.17) is 0 Å². The second-order valence-corrected chi connectivity index (χ2v) is 6.33. The van der Waals surface area contributed by atoms with Crippen molar-refractivity contribution in [2.24, 2.45) is 5.92 Å². The van der Waals surface area contributed by atoms with E-state index in [2.05, 4.69) is 31.4 Å². The number of benzene rings is 1. The zero-order valence-electron chi connectivity index (χ0n) is 13.1. The molecule has 0 unspecified atom stereocenters. The Balaban J connectivity index is 0.00000400. The van der Waals surface area contributed by atoms with Crippen LogP contribution in [0.15, 0.2) is 24.3 Å². The largest absolute Gasteiger partial charge is 0.325 e. The van der Waals surface area contributed by atoms with Crippen molar-refractivity contribution in [1.82, 2.24) is 5.32 Å². The molecular formula is C16H27ClN2OS. The minimum atomic E-state index is 0. The Morgan fingerprint density at radius 1 is 1.29 bits per heavy atom.